The average molecular weight is 259 g/mol. The lowest BCUT2D eigenvalue weighted by atomic mass is 10.4. The molecule has 0 aliphatic heterocycles. The van der Waals surface area contributed by atoms with Crippen LogP contribution in [-0.4, -0.2) is 32.7 Å². The van der Waals surface area contributed by atoms with Gasteiger partial charge in [-0.05, 0) is 0 Å². The van der Waals surface area contributed by atoms with Crippen molar-refractivity contribution < 1.29 is 19.8 Å². The van der Waals surface area contributed by atoms with E-state index in [2.05, 4.69) is 5.32 Å². The maximum absolute atomic E-state index is 10.0. The number of rotatable bonds is 4. The van der Waals surface area contributed by atoms with Gasteiger partial charge < -0.3 is 15.5 Å². The van der Waals surface area contributed by atoms with E-state index in [1.54, 1.807) is 22.6 Å². The quantitative estimate of drug-likeness (QED) is 0.260. The zero-order valence-corrected chi connectivity index (χ0v) is 6.98. The van der Waals surface area contributed by atoms with Gasteiger partial charge in [0.2, 0.25) is 6.41 Å². The van der Waals surface area contributed by atoms with Crippen molar-refractivity contribution in [2.45, 2.75) is 10.2 Å². The van der Waals surface area contributed by atoms with E-state index >= 15 is 0 Å². The number of carbonyl (C=O) groups excluding carboxylic acids is 1. The van der Waals surface area contributed by atoms with Gasteiger partial charge in [-0.3, -0.25) is 4.79 Å². The number of alkyl halides is 1. The van der Waals surface area contributed by atoms with Crippen LogP contribution in [0.4, 0.5) is 0 Å². The lowest BCUT2D eigenvalue weighted by Crippen LogP contribution is -2.39. The first kappa shape index (κ1) is 9.63. The van der Waals surface area contributed by atoms with Crippen molar-refractivity contribution in [3.8, 4) is 0 Å². The van der Waals surface area contributed by atoms with Crippen LogP contribution >= 0.6 is 22.6 Å². The molecular formula is C4H6INO4. The Morgan fingerprint density at radius 3 is 2.50 bits per heavy atom. The van der Waals surface area contributed by atoms with E-state index in [0.29, 0.717) is 6.41 Å². The molecule has 0 radical (unpaired) electrons. The van der Waals surface area contributed by atoms with Crippen molar-refractivity contribution in [2.75, 3.05) is 0 Å². The highest BCUT2D eigenvalue weighted by Crippen LogP contribution is 2.01. The lowest BCUT2D eigenvalue weighted by Gasteiger charge is -2.10. The fourth-order valence-electron chi connectivity index (χ4n) is 0.281. The molecule has 0 aromatic heterocycles. The maximum Gasteiger partial charge on any atom is 0.335 e. The summed E-state index contributed by atoms with van der Waals surface area (Å²) in [4.78, 5) is 19.7. The molecule has 0 saturated carbocycles. The summed E-state index contributed by atoms with van der Waals surface area (Å²) < 4.78 is -0.785. The van der Waals surface area contributed by atoms with E-state index in [1.165, 1.54) is 0 Å². The highest BCUT2D eigenvalue weighted by molar-refractivity contribution is 14.1. The summed E-state index contributed by atoms with van der Waals surface area (Å²) >= 11 is 1.61. The van der Waals surface area contributed by atoms with Crippen molar-refractivity contribution in [2.24, 2.45) is 0 Å². The molecule has 1 amide bonds. The number of aliphatic hydroxyl groups is 1. The molecule has 10 heavy (non-hydrogen) atoms. The van der Waals surface area contributed by atoms with Crippen LogP contribution in [0.15, 0.2) is 0 Å². The molecule has 3 N–H and O–H groups in total. The summed E-state index contributed by atoms with van der Waals surface area (Å²) in [6.07, 6.45) is -1.21. The minimum absolute atomic E-state index is 0.337. The Bertz CT molecular complexity index is 139. The van der Waals surface area contributed by atoms with Gasteiger partial charge in [0.1, 0.15) is 4.05 Å². The van der Waals surface area contributed by atoms with Crippen LogP contribution in [0.3, 0.4) is 0 Å². The van der Waals surface area contributed by atoms with E-state index in [-0.39, 0.29) is 0 Å². The average Bonchev–Trinajstić information content (AvgIpc) is 1.87. The smallest absolute Gasteiger partial charge is 0.335 e. The normalized spacial score (nSPS) is 15.4. The highest BCUT2D eigenvalue weighted by atomic mass is 127. The van der Waals surface area contributed by atoms with Crippen LogP contribution < -0.4 is 5.32 Å². The third-order valence-corrected chi connectivity index (χ3v) is 1.80. The van der Waals surface area contributed by atoms with Gasteiger partial charge in [0, 0.05) is 0 Å². The monoisotopic (exact) mass is 259 g/mol. The summed E-state index contributed by atoms with van der Waals surface area (Å²) in [5.41, 5.74) is 0. The van der Waals surface area contributed by atoms with E-state index < -0.39 is 16.1 Å². The number of halogens is 1. The molecule has 0 saturated heterocycles. The Hall–Kier alpha value is -0.370. The van der Waals surface area contributed by atoms with Gasteiger partial charge in [-0.15, -0.1) is 0 Å². The van der Waals surface area contributed by atoms with E-state index in [4.69, 9.17) is 10.2 Å². The molecule has 0 bridgehead atoms. The second kappa shape index (κ2) is 4.45. The van der Waals surface area contributed by atoms with Crippen molar-refractivity contribution >= 4 is 35.0 Å². The van der Waals surface area contributed by atoms with E-state index in [0.717, 1.165) is 0 Å². The first-order valence-electron chi connectivity index (χ1n) is 2.34. The van der Waals surface area contributed by atoms with Gasteiger partial charge in [-0.1, -0.05) is 22.6 Å². The highest BCUT2D eigenvalue weighted by Gasteiger charge is 2.21. The zero-order valence-electron chi connectivity index (χ0n) is 4.82. The molecule has 58 valence electrons. The third-order valence-electron chi connectivity index (χ3n) is 0.757. The van der Waals surface area contributed by atoms with Gasteiger partial charge in [0.25, 0.3) is 0 Å². The molecule has 6 heteroatoms. The molecular weight excluding hydrogens is 253 g/mol. The zero-order chi connectivity index (χ0) is 8.15. The molecule has 0 aromatic carbocycles. The largest absolute Gasteiger partial charge is 0.479 e. The number of carboxylic acid groups (broad SMARTS) is 1. The summed E-state index contributed by atoms with van der Waals surface area (Å²) in [5.74, 6) is -1.35. The number of hydrogen-bond donors (Lipinski definition) is 3. The number of aliphatic carboxylic acids is 1. The number of carbonyl (C=O) groups is 2. The van der Waals surface area contributed by atoms with Crippen molar-refractivity contribution in [1.29, 1.82) is 0 Å². The summed E-state index contributed by atoms with van der Waals surface area (Å²) in [6.45, 7) is 0. The number of hydrogen-bond acceptors (Lipinski definition) is 3. The minimum Gasteiger partial charge on any atom is -0.479 e. The molecule has 0 aliphatic carbocycles. The molecule has 1 unspecified atom stereocenters. The first-order chi connectivity index (χ1) is 4.59. The van der Waals surface area contributed by atoms with E-state index in [9.17, 15) is 9.59 Å². The minimum atomic E-state index is -1.55. The number of amides is 1. The molecule has 0 rings (SSSR count). The first-order valence-corrected chi connectivity index (χ1v) is 3.58. The third kappa shape index (κ3) is 2.97. The van der Waals surface area contributed by atoms with Gasteiger partial charge in [0.05, 0.1) is 0 Å². The fraction of sp³-hybridized carbons (Fsp3) is 0.500. The Balaban J connectivity index is 3.80. The number of carboxylic acids is 1. The van der Waals surface area contributed by atoms with Crippen LogP contribution in [0.2, 0.25) is 0 Å². The van der Waals surface area contributed by atoms with Gasteiger partial charge in [-0.25, -0.2) is 4.79 Å². The number of aliphatic hydroxyl groups excluding tert-OH is 1. The van der Waals surface area contributed by atoms with Crippen LogP contribution in [0.1, 0.15) is 0 Å². The Kier molecular flexibility index (Phi) is 4.28. The van der Waals surface area contributed by atoms with Crippen molar-refractivity contribution in [3.05, 3.63) is 0 Å². The summed E-state index contributed by atoms with van der Waals surface area (Å²) in [6, 6.07) is 0. The standard InChI is InChI=1S/C4H6INO4/c5-3(6-1-7)2(8)4(9)10/h1-3,8H,(H,6,7)(H,9,10)/t2-,3?/m1/s1. The lowest BCUT2D eigenvalue weighted by molar-refractivity contribution is -0.146. The molecule has 0 fully saturated rings. The molecule has 0 spiro atoms. The second-order valence-corrected chi connectivity index (χ2v) is 2.81. The maximum atomic E-state index is 10.0. The molecule has 0 aromatic rings. The van der Waals surface area contributed by atoms with Crippen molar-refractivity contribution in [1.82, 2.24) is 5.32 Å². The SMILES string of the molecule is O=CNC(I)[C@@H](O)C(=O)O. The Labute approximate surface area is 70.6 Å². The molecule has 5 nitrogen and oxygen atoms in total. The van der Waals surface area contributed by atoms with Crippen molar-refractivity contribution in [3.63, 3.8) is 0 Å². The molecule has 2 atom stereocenters. The van der Waals surface area contributed by atoms with Gasteiger partial charge >= 0.3 is 5.97 Å². The second-order valence-electron chi connectivity index (χ2n) is 1.47. The van der Waals surface area contributed by atoms with E-state index in [1.807, 2.05) is 0 Å². The van der Waals surface area contributed by atoms with Crippen LogP contribution in [0.5, 0.6) is 0 Å². The molecule has 0 aliphatic rings. The predicted molar refractivity (Wildman–Crippen MR) is 40.7 cm³/mol. The Morgan fingerprint density at radius 1 is 1.70 bits per heavy atom. The van der Waals surface area contributed by atoms with Crippen LogP contribution in [0.25, 0.3) is 0 Å². The predicted octanol–water partition coefficient (Wildman–Crippen LogP) is -1.06. The summed E-state index contributed by atoms with van der Waals surface area (Å²) in [7, 11) is 0. The fourth-order valence-corrected chi connectivity index (χ4v) is 0.736. The topological polar surface area (TPSA) is 86.6 Å². The van der Waals surface area contributed by atoms with Crippen LogP contribution in [0, 0.1) is 0 Å². The number of nitrogens with one attached hydrogen (secondary N) is 1. The summed E-state index contributed by atoms with van der Waals surface area (Å²) in [5, 5.41) is 19.0. The Morgan fingerprint density at radius 2 is 2.20 bits per heavy atom. The van der Waals surface area contributed by atoms with Crippen LogP contribution in [-0.2, 0) is 9.59 Å². The van der Waals surface area contributed by atoms with Gasteiger partial charge in [-0.2, -0.15) is 0 Å². The van der Waals surface area contributed by atoms with Gasteiger partial charge in [0.15, 0.2) is 6.10 Å². The molecule has 0 heterocycles.